The molecule has 38 heavy (non-hydrogen) atoms. The van der Waals surface area contributed by atoms with Crippen LogP contribution in [-0.4, -0.2) is 60.5 Å². The first-order valence-corrected chi connectivity index (χ1v) is 14.8. The van der Waals surface area contributed by atoms with Gasteiger partial charge < -0.3 is 14.8 Å². The first-order chi connectivity index (χ1) is 18.0. The molecule has 4 rings (SSSR count). The predicted molar refractivity (Wildman–Crippen MR) is 144 cm³/mol. The molecule has 3 aromatic carbocycles. The van der Waals surface area contributed by atoms with Crippen LogP contribution < -0.4 is 14.8 Å². The zero-order chi connectivity index (χ0) is 27.5. The topological polar surface area (TPSA) is 131 Å². The first-order valence-electron chi connectivity index (χ1n) is 11.2. The molecule has 0 aromatic heterocycles. The molecule has 0 radical (unpaired) electrons. The van der Waals surface area contributed by atoms with Gasteiger partial charge in [0.05, 0.1) is 46.4 Å². The third kappa shape index (κ3) is 6.22. The van der Waals surface area contributed by atoms with Crippen molar-refractivity contribution in [3.05, 3.63) is 76.3 Å². The lowest BCUT2D eigenvalue weighted by Crippen LogP contribution is -2.40. The monoisotopic (exact) mass is 599 g/mol. The fourth-order valence-corrected chi connectivity index (χ4v) is 6.66. The summed E-state index contributed by atoms with van der Waals surface area (Å²) in [6.07, 6.45) is 0. The van der Waals surface area contributed by atoms with Gasteiger partial charge in [0.2, 0.25) is 10.0 Å². The number of benzene rings is 3. The molecule has 202 valence electrons. The third-order valence-corrected chi connectivity index (χ3v) is 9.43. The normalized spacial score (nSPS) is 14.6. The molecule has 0 aliphatic carbocycles. The lowest BCUT2D eigenvalue weighted by molar-refractivity contribution is 0.0730. The molecule has 1 heterocycles. The van der Waals surface area contributed by atoms with Crippen molar-refractivity contribution in [2.75, 3.05) is 43.5 Å². The molecule has 0 unspecified atom stereocenters. The minimum absolute atomic E-state index is 0.0228. The summed E-state index contributed by atoms with van der Waals surface area (Å²) < 4.78 is 65.6. The van der Waals surface area contributed by atoms with Crippen LogP contribution in [0.15, 0.2) is 70.5 Å². The summed E-state index contributed by atoms with van der Waals surface area (Å²) in [7, 11) is -6.42. The van der Waals surface area contributed by atoms with E-state index in [1.165, 1.54) is 72.1 Å². The molecule has 2 N–H and O–H groups in total. The summed E-state index contributed by atoms with van der Waals surface area (Å²) in [5.41, 5.74) is 0.225. The van der Waals surface area contributed by atoms with Crippen molar-refractivity contribution in [1.82, 2.24) is 4.31 Å². The fourth-order valence-electron chi connectivity index (χ4n) is 3.66. The molecule has 10 nitrogen and oxygen atoms in total. The quantitative estimate of drug-likeness (QED) is 0.399. The van der Waals surface area contributed by atoms with Crippen LogP contribution in [0.3, 0.4) is 0 Å². The second kappa shape index (κ2) is 11.5. The molecular weight excluding hydrogens is 577 g/mol. The zero-order valence-electron chi connectivity index (χ0n) is 20.0. The maximum Gasteiger partial charge on any atom is 0.261 e. The Bertz CT molecular complexity index is 1560. The molecule has 1 aliphatic heterocycles. The summed E-state index contributed by atoms with van der Waals surface area (Å²) in [6.45, 7) is 1.17. The first kappa shape index (κ1) is 28.1. The highest BCUT2D eigenvalue weighted by Gasteiger charge is 2.26. The number of carbonyl (C=O) groups excluding carboxylic acids is 1. The number of halogens is 2. The van der Waals surface area contributed by atoms with E-state index in [0.29, 0.717) is 24.7 Å². The minimum atomic E-state index is -4.13. The van der Waals surface area contributed by atoms with Crippen molar-refractivity contribution in [2.24, 2.45) is 0 Å². The summed E-state index contributed by atoms with van der Waals surface area (Å²) in [5.74, 6) is -0.359. The van der Waals surface area contributed by atoms with E-state index in [9.17, 15) is 21.6 Å². The van der Waals surface area contributed by atoms with Crippen LogP contribution in [0.25, 0.3) is 0 Å². The minimum Gasteiger partial charge on any atom is -0.495 e. The lowest BCUT2D eigenvalue weighted by Gasteiger charge is -2.26. The molecule has 0 bridgehead atoms. The van der Waals surface area contributed by atoms with E-state index < -0.39 is 26.0 Å². The Labute approximate surface area is 230 Å². The lowest BCUT2D eigenvalue weighted by atomic mass is 10.1. The van der Waals surface area contributed by atoms with E-state index in [-0.39, 0.29) is 44.2 Å². The Kier molecular flexibility index (Phi) is 8.50. The van der Waals surface area contributed by atoms with Crippen molar-refractivity contribution in [1.29, 1.82) is 0 Å². The number of carbonyl (C=O) groups is 1. The Morgan fingerprint density at radius 2 is 1.58 bits per heavy atom. The van der Waals surface area contributed by atoms with Crippen LogP contribution in [0.1, 0.15) is 10.4 Å². The van der Waals surface area contributed by atoms with Crippen molar-refractivity contribution in [2.45, 2.75) is 9.79 Å². The van der Waals surface area contributed by atoms with Gasteiger partial charge in [0.1, 0.15) is 5.75 Å². The number of rotatable bonds is 8. The molecular formula is C24H23Cl2N3O7S2. The van der Waals surface area contributed by atoms with Gasteiger partial charge in [-0.25, -0.2) is 16.8 Å². The highest BCUT2D eigenvalue weighted by atomic mass is 35.5. The number of nitrogens with one attached hydrogen (secondary N) is 2. The highest BCUT2D eigenvalue weighted by molar-refractivity contribution is 7.92. The number of hydrogen-bond donors (Lipinski definition) is 2. The average Bonchev–Trinajstić information content (AvgIpc) is 2.90. The Morgan fingerprint density at radius 3 is 2.21 bits per heavy atom. The van der Waals surface area contributed by atoms with Gasteiger partial charge >= 0.3 is 0 Å². The van der Waals surface area contributed by atoms with Crippen LogP contribution in [0.2, 0.25) is 10.0 Å². The van der Waals surface area contributed by atoms with Crippen LogP contribution in [-0.2, 0) is 24.8 Å². The van der Waals surface area contributed by atoms with Gasteiger partial charge in [0, 0.05) is 23.8 Å². The molecule has 3 aromatic rings. The molecule has 1 aliphatic rings. The van der Waals surface area contributed by atoms with Gasteiger partial charge in [-0.15, -0.1) is 0 Å². The summed E-state index contributed by atoms with van der Waals surface area (Å²) in [4.78, 5) is 13.0. The smallest absolute Gasteiger partial charge is 0.261 e. The number of anilines is 2. The molecule has 1 fully saturated rings. The maximum atomic E-state index is 13.1. The Morgan fingerprint density at radius 1 is 0.921 bits per heavy atom. The van der Waals surface area contributed by atoms with E-state index in [2.05, 4.69) is 10.0 Å². The van der Waals surface area contributed by atoms with E-state index in [1.807, 2.05) is 0 Å². The van der Waals surface area contributed by atoms with Gasteiger partial charge in [0.25, 0.3) is 15.9 Å². The molecule has 0 saturated carbocycles. The number of morpholine rings is 1. The number of amides is 1. The van der Waals surface area contributed by atoms with Gasteiger partial charge in [-0.1, -0.05) is 23.2 Å². The van der Waals surface area contributed by atoms with Crippen molar-refractivity contribution in [3.63, 3.8) is 0 Å². The Balaban J connectivity index is 1.54. The van der Waals surface area contributed by atoms with Crippen LogP contribution in [0, 0.1) is 0 Å². The van der Waals surface area contributed by atoms with Crippen molar-refractivity contribution >= 4 is 60.5 Å². The van der Waals surface area contributed by atoms with Gasteiger partial charge in [-0.2, -0.15) is 4.31 Å². The van der Waals surface area contributed by atoms with Gasteiger partial charge in [0.15, 0.2) is 0 Å². The third-order valence-electron chi connectivity index (χ3n) is 5.62. The van der Waals surface area contributed by atoms with E-state index in [4.69, 9.17) is 32.7 Å². The van der Waals surface area contributed by atoms with Gasteiger partial charge in [-0.05, 0) is 60.7 Å². The van der Waals surface area contributed by atoms with Crippen LogP contribution >= 0.6 is 23.2 Å². The van der Waals surface area contributed by atoms with E-state index >= 15 is 0 Å². The fraction of sp³-hybridized carbons (Fsp3) is 0.208. The zero-order valence-corrected chi connectivity index (χ0v) is 23.1. The second-order valence-corrected chi connectivity index (χ2v) is 12.6. The molecule has 0 spiro atoms. The summed E-state index contributed by atoms with van der Waals surface area (Å²) >= 11 is 12.2. The predicted octanol–water partition coefficient (Wildman–Crippen LogP) is 4.08. The molecule has 0 atom stereocenters. The molecule has 1 amide bonds. The van der Waals surface area contributed by atoms with E-state index in [0.717, 1.165) is 0 Å². The Hall–Kier alpha value is -2.87. The number of nitrogens with zero attached hydrogens (tertiary/aromatic N) is 1. The second-order valence-electron chi connectivity index (χ2n) is 8.09. The SMILES string of the molecule is COc1ccc(S(=O)(=O)Nc2ccc(Cl)cc2C(=O)Nc2ccc(S(=O)(=O)N3CCOCC3)cc2)cc1Cl. The number of hydrogen-bond acceptors (Lipinski definition) is 7. The number of ether oxygens (including phenoxy) is 2. The van der Waals surface area contributed by atoms with Crippen LogP contribution in [0.4, 0.5) is 11.4 Å². The molecule has 1 saturated heterocycles. The van der Waals surface area contributed by atoms with Crippen LogP contribution in [0.5, 0.6) is 5.75 Å². The summed E-state index contributed by atoms with van der Waals surface area (Å²) in [5, 5.41) is 2.94. The standard InChI is InChI=1S/C24H23Cl2N3O7S2/c1-35-23-9-7-19(15-21(23)26)37(31,32)28-22-8-2-16(25)14-20(22)24(30)27-17-3-5-18(6-4-17)38(33,34)29-10-12-36-13-11-29/h2-9,14-15,28H,10-13H2,1H3,(H,27,30). The van der Waals surface area contributed by atoms with E-state index in [1.54, 1.807) is 0 Å². The summed E-state index contributed by atoms with van der Waals surface area (Å²) in [6, 6.07) is 13.7. The number of methoxy groups -OCH3 is 1. The van der Waals surface area contributed by atoms with Crippen molar-refractivity contribution in [3.8, 4) is 5.75 Å². The highest BCUT2D eigenvalue weighted by Crippen LogP contribution is 2.30. The van der Waals surface area contributed by atoms with Gasteiger partial charge in [-0.3, -0.25) is 9.52 Å². The van der Waals surface area contributed by atoms with Crippen molar-refractivity contribution < 1.29 is 31.1 Å². The average molecular weight is 601 g/mol. The molecule has 14 heteroatoms. The maximum absolute atomic E-state index is 13.1. The largest absolute Gasteiger partial charge is 0.495 e. The number of sulfonamides is 2.